The summed E-state index contributed by atoms with van der Waals surface area (Å²) in [4.78, 5) is 58.3. The van der Waals surface area contributed by atoms with Crippen molar-refractivity contribution in [3.63, 3.8) is 0 Å². The van der Waals surface area contributed by atoms with E-state index < -0.39 is 48.2 Å². The van der Waals surface area contributed by atoms with E-state index in [0.717, 1.165) is 37.3 Å². The molecule has 2 aliphatic heterocycles. The monoisotopic (exact) mass is 780 g/mol. The lowest BCUT2D eigenvalue weighted by Gasteiger charge is -2.35. The molecule has 310 valence electrons. The van der Waals surface area contributed by atoms with E-state index in [1.807, 2.05) is 88.4 Å². The summed E-state index contributed by atoms with van der Waals surface area (Å²) in [5, 5.41) is 35.6. The Morgan fingerprint density at radius 3 is 1.23 bits per heavy atom. The molecule has 14 heteroatoms. The Kier molecular flexibility index (Phi) is 18.7. The first kappa shape index (κ1) is 44.8. The summed E-state index contributed by atoms with van der Waals surface area (Å²) in [6.45, 7) is 13.9. The highest BCUT2D eigenvalue weighted by atomic mass is 16.5. The second-order valence-electron chi connectivity index (χ2n) is 15.6. The Hall–Kier alpha value is -3.92. The van der Waals surface area contributed by atoms with E-state index in [-0.39, 0.29) is 49.3 Å². The van der Waals surface area contributed by atoms with Crippen molar-refractivity contribution < 1.29 is 38.9 Å². The number of nitrogens with one attached hydrogen (secondary N) is 4. The van der Waals surface area contributed by atoms with Crippen molar-refractivity contribution in [3.8, 4) is 0 Å². The van der Waals surface area contributed by atoms with Gasteiger partial charge in [0.15, 0.2) is 0 Å². The van der Waals surface area contributed by atoms with Crippen LogP contribution in [-0.4, -0.2) is 146 Å². The molecule has 0 aromatic heterocycles. The number of morpholine rings is 2. The third-order valence-corrected chi connectivity index (χ3v) is 10.5. The fraction of sp³-hybridized carbons (Fsp3) is 0.619. The summed E-state index contributed by atoms with van der Waals surface area (Å²) in [6, 6.07) is 14.8. The van der Waals surface area contributed by atoms with Gasteiger partial charge in [0.1, 0.15) is 24.3 Å². The number of hydrogen-bond donors (Lipinski definition) is 6. The lowest BCUT2D eigenvalue weighted by molar-refractivity contribution is -0.133. The van der Waals surface area contributed by atoms with Crippen LogP contribution in [0, 0.1) is 11.8 Å². The van der Waals surface area contributed by atoms with Gasteiger partial charge in [-0.1, -0.05) is 88.4 Å². The van der Waals surface area contributed by atoms with Crippen molar-refractivity contribution in [3.05, 3.63) is 71.8 Å². The third-order valence-electron chi connectivity index (χ3n) is 10.5. The molecule has 4 rings (SSSR count). The van der Waals surface area contributed by atoms with E-state index in [1.165, 1.54) is 0 Å². The molecular formula is C42H64N6O8. The Bertz CT molecular complexity index is 1380. The highest BCUT2D eigenvalue weighted by Gasteiger charge is 2.37. The molecule has 56 heavy (non-hydrogen) atoms. The quantitative estimate of drug-likeness (QED) is 0.107. The van der Waals surface area contributed by atoms with Gasteiger partial charge in [-0.25, -0.2) is 0 Å². The first-order valence-electron chi connectivity index (χ1n) is 20.1. The SMILES string of the molecule is CC(C)[C@H](NC(=O)CCN1CCOCC1)C(=O)N[C@@H](Cc1ccccc1)[C@@H](O)[C@H](O)[C@H](Cc1ccccc1)NC(=O)[C@@H](NC(=O)CCN1CCOCC1)C(C)C. The highest BCUT2D eigenvalue weighted by Crippen LogP contribution is 2.17. The summed E-state index contributed by atoms with van der Waals surface area (Å²) >= 11 is 0. The first-order valence-corrected chi connectivity index (χ1v) is 20.1. The van der Waals surface area contributed by atoms with Gasteiger partial charge >= 0.3 is 0 Å². The van der Waals surface area contributed by atoms with Gasteiger partial charge in [0.05, 0.1) is 38.5 Å². The Balaban J connectivity index is 1.50. The van der Waals surface area contributed by atoms with Gasteiger partial charge in [0, 0.05) is 52.1 Å². The van der Waals surface area contributed by atoms with E-state index in [0.29, 0.717) is 39.5 Å². The predicted molar refractivity (Wildman–Crippen MR) is 213 cm³/mol. The van der Waals surface area contributed by atoms with Gasteiger partial charge in [-0.3, -0.25) is 29.0 Å². The summed E-state index contributed by atoms with van der Waals surface area (Å²) in [5.41, 5.74) is 1.62. The van der Waals surface area contributed by atoms with Crippen molar-refractivity contribution >= 4 is 23.6 Å². The molecule has 0 spiro atoms. The number of benzene rings is 2. The second kappa shape index (κ2) is 23.3. The smallest absolute Gasteiger partial charge is 0.243 e. The maximum absolute atomic E-state index is 13.9. The zero-order valence-corrected chi connectivity index (χ0v) is 33.5. The molecule has 14 nitrogen and oxygen atoms in total. The van der Waals surface area contributed by atoms with E-state index in [2.05, 4.69) is 31.1 Å². The molecule has 4 amide bonds. The van der Waals surface area contributed by atoms with Crippen LogP contribution < -0.4 is 21.3 Å². The third kappa shape index (κ3) is 14.9. The average Bonchev–Trinajstić information content (AvgIpc) is 3.20. The van der Waals surface area contributed by atoms with Crippen LogP contribution in [0.5, 0.6) is 0 Å². The summed E-state index contributed by atoms with van der Waals surface area (Å²) in [6.07, 6.45) is -2.31. The number of amides is 4. The van der Waals surface area contributed by atoms with Gasteiger partial charge in [-0.15, -0.1) is 0 Å². The topological polar surface area (TPSA) is 182 Å². The van der Waals surface area contributed by atoms with Crippen molar-refractivity contribution in [1.29, 1.82) is 0 Å². The summed E-state index contributed by atoms with van der Waals surface area (Å²) in [7, 11) is 0. The van der Waals surface area contributed by atoms with Crippen LogP contribution in [0.25, 0.3) is 0 Å². The lowest BCUT2D eigenvalue weighted by Crippen LogP contribution is -2.61. The zero-order valence-electron chi connectivity index (χ0n) is 33.5. The predicted octanol–water partition coefficient (Wildman–Crippen LogP) is 0.889. The summed E-state index contributed by atoms with van der Waals surface area (Å²) < 4.78 is 10.8. The van der Waals surface area contributed by atoms with E-state index in [4.69, 9.17) is 9.47 Å². The van der Waals surface area contributed by atoms with Crippen LogP contribution in [-0.2, 0) is 41.5 Å². The molecule has 0 saturated carbocycles. The van der Waals surface area contributed by atoms with Gasteiger partial charge in [-0.2, -0.15) is 0 Å². The molecule has 6 N–H and O–H groups in total. The van der Waals surface area contributed by atoms with Crippen molar-refractivity contribution in [1.82, 2.24) is 31.1 Å². The van der Waals surface area contributed by atoms with Gasteiger partial charge in [-0.05, 0) is 35.8 Å². The van der Waals surface area contributed by atoms with Crippen LogP contribution in [0.15, 0.2) is 60.7 Å². The van der Waals surface area contributed by atoms with Crippen molar-refractivity contribution in [2.24, 2.45) is 11.8 Å². The number of rotatable bonds is 21. The Labute approximate surface area is 332 Å². The van der Waals surface area contributed by atoms with Gasteiger partial charge < -0.3 is 41.0 Å². The maximum atomic E-state index is 13.9. The minimum Gasteiger partial charge on any atom is -0.388 e. The van der Waals surface area contributed by atoms with E-state index in [1.54, 1.807) is 0 Å². The molecule has 0 radical (unpaired) electrons. The first-order chi connectivity index (χ1) is 26.9. The molecule has 0 bridgehead atoms. The minimum atomic E-state index is -1.54. The normalized spacial score (nSPS) is 18.6. The number of carbonyl (C=O) groups is 4. The van der Waals surface area contributed by atoms with Crippen molar-refractivity contribution in [2.45, 2.75) is 89.8 Å². The average molecular weight is 781 g/mol. The number of aliphatic hydroxyl groups excluding tert-OH is 2. The molecule has 2 aliphatic rings. The van der Waals surface area contributed by atoms with Gasteiger partial charge in [0.2, 0.25) is 23.6 Å². The molecule has 0 unspecified atom stereocenters. The number of ether oxygens (including phenoxy) is 2. The standard InChI is InChI=1S/C42H64N6O8/c1-29(2)37(45-35(49)15-17-47-19-23-55-24-20-47)41(53)43-33(27-31-11-7-5-8-12-31)39(51)40(52)34(28-32-13-9-6-10-14-32)44-42(54)38(30(3)4)46-36(50)16-18-48-21-25-56-26-22-48/h5-14,29-30,33-34,37-40,51-52H,15-28H2,1-4H3,(H,43,53)(H,44,54)(H,45,49)(H,46,50)/t33-,34-,37-,38-,39+,40+/m0/s1. The largest absolute Gasteiger partial charge is 0.388 e. The number of aliphatic hydroxyl groups is 2. The number of nitrogens with zero attached hydrogens (tertiary/aromatic N) is 2. The molecule has 0 aliphatic carbocycles. The minimum absolute atomic E-state index is 0.167. The van der Waals surface area contributed by atoms with E-state index in [9.17, 15) is 29.4 Å². The fourth-order valence-corrected chi connectivity index (χ4v) is 7.00. The second-order valence-corrected chi connectivity index (χ2v) is 15.6. The molecule has 2 saturated heterocycles. The molecule has 2 heterocycles. The molecule has 2 aromatic carbocycles. The highest BCUT2D eigenvalue weighted by molar-refractivity contribution is 5.89. The van der Waals surface area contributed by atoms with Crippen LogP contribution in [0.2, 0.25) is 0 Å². The molecule has 2 fully saturated rings. The number of carbonyl (C=O) groups excluding carboxylic acids is 4. The Morgan fingerprint density at radius 2 is 0.911 bits per heavy atom. The van der Waals surface area contributed by atoms with Crippen LogP contribution in [0.1, 0.15) is 51.7 Å². The molecular weight excluding hydrogens is 716 g/mol. The maximum Gasteiger partial charge on any atom is 0.243 e. The number of hydrogen-bond acceptors (Lipinski definition) is 10. The van der Waals surface area contributed by atoms with Crippen LogP contribution >= 0.6 is 0 Å². The Morgan fingerprint density at radius 1 is 0.571 bits per heavy atom. The molecule has 2 aromatic rings. The zero-order chi connectivity index (χ0) is 40.5. The van der Waals surface area contributed by atoms with Crippen LogP contribution in [0.3, 0.4) is 0 Å². The van der Waals surface area contributed by atoms with Crippen LogP contribution in [0.4, 0.5) is 0 Å². The fourth-order valence-electron chi connectivity index (χ4n) is 7.00. The van der Waals surface area contributed by atoms with E-state index >= 15 is 0 Å². The molecule has 6 atom stereocenters. The summed E-state index contributed by atoms with van der Waals surface area (Å²) in [5.74, 6) is -2.05. The lowest BCUT2D eigenvalue weighted by atomic mass is 9.90. The van der Waals surface area contributed by atoms with Crippen molar-refractivity contribution in [2.75, 3.05) is 65.7 Å². The van der Waals surface area contributed by atoms with Gasteiger partial charge in [0.25, 0.3) is 0 Å².